The van der Waals surface area contributed by atoms with E-state index in [0.29, 0.717) is 12.4 Å². The van der Waals surface area contributed by atoms with Gasteiger partial charge >= 0.3 is 5.69 Å². The summed E-state index contributed by atoms with van der Waals surface area (Å²) in [7, 11) is 1.57. The number of methoxy groups -OCH3 is 1. The van der Waals surface area contributed by atoms with Crippen LogP contribution in [-0.2, 0) is 4.74 Å². The molecule has 1 N–H and O–H groups in total. The number of hydrogen-bond donors (Lipinski definition) is 1. The lowest BCUT2D eigenvalue weighted by molar-refractivity contribution is -0.385. The normalized spacial score (nSPS) is 11.6. The Morgan fingerprint density at radius 1 is 1.71 bits per heavy atom. The highest BCUT2D eigenvalue weighted by atomic mass is 16.6. The molecule has 90 valence electrons. The van der Waals surface area contributed by atoms with Crippen LogP contribution in [0.5, 0.6) is 0 Å². The van der Waals surface area contributed by atoms with E-state index in [9.17, 15) is 10.1 Å². The number of nitrogens with one attached hydrogen (secondary N) is 1. The fourth-order valence-corrected chi connectivity index (χ4v) is 1.31. The number of nitriles is 1. The first-order chi connectivity index (χ1) is 8.08. The molecule has 0 spiro atoms. The van der Waals surface area contributed by atoms with Gasteiger partial charge in [-0.3, -0.25) is 10.1 Å². The molecule has 0 radical (unpaired) electrons. The number of hydrogen-bond acceptors (Lipinski definition) is 6. The van der Waals surface area contributed by atoms with Crippen LogP contribution in [0.1, 0.15) is 12.6 Å². The molecule has 7 nitrogen and oxygen atoms in total. The van der Waals surface area contributed by atoms with Crippen molar-refractivity contribution in [3.05, 3.63) is 27.9 Å². The van der Waals surface area contributed by atoms with Crippen molar-refractivity contribution in [2.45, 2.75) is 13.0 Å². The van der Waals surface area contributed by atoms with Crippen molar-refractivity contribution in [1.29, 1.82) is 5.26 Å². The molecule has 1 atom stereocenters. The lowest BCUT2D eigenvalue weighted by Gasteiger charge is -2.13. The molecule has 0 aliphatic heterocycles. The number of anilines is 1. The van der Waals surface area contributed by atoms with Crippen LogP contribution in [0.3, 0.4) is 0 Å². The van der Waals surface area contributed by atoms with Crippen molar-refractivity contribution in [3.8, 4) is 6.07 Å². The van der Waals surface area contributed by atoms with Gasteiger partial charge in [-0.25, -0.2) is 4.98 Å². The second-order valence-corrected chi connectivity index (χ2v) is 3.43. The van der Waals surface area contributed by atoms with Crippen LogP contribution in [0.2, 0.25) is 0 Å². The van der Waals surface area contributed by atoms with E-state index in [0.717, 1.165) is 0 Å². The summed E-state index contributed by atoms with van der Waals surface area (Å²) in [5, 5.41) is 22.3. The number of pyridine rings is 1. The second kappa shape index (κ2) is 5.77. The van der Waals surface area contributed by atoms with Crippen LogP contribution in [0, 0.1) is 21.4 Å². The summed E-state index contributed by atoms with van der Waals surface area (Å²) in [6.07, 6.45) is 0. The Labute approximate surface area is 98.2 Å². The molecule has 0 aliphatic carbocycles. The molecular weight excluding hydrogens is 224 g/mol. The van der Waals surface area contributed by atoms with Gasteiger partial charge in [0, 0.05) is 19.2 Å². The Morgan fingerprint density at radius 2 is 2.41 bits per heavy atom. The Bertz CT molecular complexity index is 455. The highest BCUT2D eigenvalue weighted by Crippen LogP contribution is 2.18. The predicted octanol–water partition coefficient (Wildman–Crippen LogP) is 1.31. The topological polar surface area (TPSA) is 101 Å². The van der Waals surface area contributed by atoms with Crippen molar-refractivity contribution in [1.82, 2.24) is 4.98 Å². The Morgan fingerprint density at radius 3 is 2.94 bits per heavy atom. The Hall–Kier alpha value is -2.20. The molecule has 0 aliphatic rings. The SMILES string of the molecule is COCC(C)Nc1ccc([N+](=O)[O-])c(C#N)n1. The van der Waals surface area contributed by atoms with Gasteiger partial charge in [0.2, 0.25) is 5.69 Å². The van der Waals surface area contributed by atoms with E-state index in [1.807, 2.05) is 6.92 Å². The fourth-order valence-electron chi connectivity index (χ4n) is 1.31. The molecule has 0 amide bonds. The standard InChI is InChI=1S/C10H12N4O3/c1-7(6-17-2)12-10-4-3-9(14(15)16)8(5-11)13-10/h3-4,7H,6H2,1-2H3,(H,12,13). The van der Waals surface area contributed by atoms with Crippen molar-refractivity contribution >= 4 is 11.5 Å². The zero-order valence-electron chi connectivity index (χ0n) is 9.51. The lowest BCUT2D eigenvalue weighted by Crippen LogP contribution is -2.21. The Balaban J connectivity index is 2.91. The molecule has 0 bridgehead atoms. The largest absolute Gasteiger partial charge is 0.383 e. The molecule has 1 aromatic rings. The first-order valence-corrected chi connectivity index (χ1v) is 4.89. The summed E-state index contributed by atoms with van der Waals surface area (Å²) in [6, 6.07) is 4.42. The number of ether oxygens (including phenoxy) is 1. The molecule has 17 heavy (non-hydrogen) atoms. The van der Waals surface area contributed by atoms with E-state index in [-0.39, 0.29) is 17.4 Å². The van der Waals surface area contributed by atoms with Gasteiger partial charge in [-0.1, -0.05) is 0 Å². The molecule has 1 unspecified atom stereocenters. The summed E-state index contributed by atoms with van der Waals surface area (Å²) >= 11 is 0. The minimum Gasteiger partial charge on any atom is -0.383 e. The molecule has 1 rings (SSSR count). The van der Waals surface area contributed by atoms with Crippen molar-refractivity contribution < 1.29 is 9.66 Å². The maximum Gasteiger partial charge on any atom is 0.305 e. The van der Waals surface area contributed by atoms with E-state index in [1.165, 1.54) is 12.1 Å². The molecule has 0 fully saturated rings. The van der Waals surface area contributed by atoms with Gasteiger partial charge in [-0.15, -0.1) is 0 Å². The predicted molar refractivity (Wildman–Crippen MR) is 60.6 cm³/mol. The maximum absolute atomic E-state index is 10.6. The van der Waals surface area contributed by atoms with E-state index >= 15 is 0 Å². The minimum atomic E-state index is -0.631. The third kappa shape index (κ3) is 3.39. The number of aromatic nitrogens is 1. The van der Waals surface area contributed by atoms with Crippen LogP contribution in [0.25, 0.3) is 0 Å². The van der Waals surface area contributed by atoms with Gasteiger partial charge in [0.25, 0.3) is 0 Å². The summed E-state index contributed by atoms with van der Waals surface area (Å²) in [4.78, 5) is 13.8. The fraction of sp³-hybridized carbons (Fsp3) is 0.400. The lowest BCUT2D eigenvalue weighted by atomic mass is 10.3. The second-order valence-electron chi connectivity index (χ2n) is 3.43. The molecule has 1 heterocycles. The average molecular weight is 236 g/mol. The molecule has 0 aromatic carbocycles. The van der Waals surface area contributed by atoms with Crippen LogP contribution >= 0.6 is 0 Å². The van der Waals surface area contributed by atoms with Crippen LogP contribution < -0.4 is 5.32 Å². The first-order valence-electron chi connectivity index (χ1n) is 4.89. The van der Waals surface area contributed by atoms with Gasteiger partial charge in [0.05, 0.1) is 11.5 Å². The number of rotatable bonds is 5. The quantitative estimate of drug-likeness (QED) is 0.610. The summed E-state index contributed by atoms with van der Waals surface area (Å²) in [6.45, 7) is 2.35. The van der Waals surface area contributed by atoms with Gasteiger partial charge in [-0.2, -0.15) is 5.26 Å². The smallest absolute Gasteiger partial charge is 0.305 e. The average Bonchev–Trinajstić information content (AvgIpc) is 2.28. The monoisotopic (exact) mass is 236 g/mol. The molecular formula is C10H12N4O3. The van der Waals surface area contributed by atoms with Crippen LogP contribution in [-0.4, -0.2) is 29.7 Å². The highest BCUT2D eigenvalue weighted by Gasteiger charge is 2.15. The maximum atomic E-state index is 10.6. The van der Waals surface area contributed by atoms with Crippen molar-refractivity contribution in [3.63, 3.8) is 0 Å². The number of nitrogens with zero attached hydrogens (tertiary/aromatic N) is 3. The third-order valence-corrected chi connectivity index (χ3v) is 1.99. The van der Waals surface area contributed by atoms with Crippen LogP contribution in [0.4, 0.5) is 11.5 Å². The van der Waals surface area contributed by atoms with E-state index in [2.05, 4.69) is 10.3 Å². The van der Waals surface area contributed by atoms with E-state index < -0.39 is 4.92 Å². The molecule has 0 saturated carbocycles. The zero-order valence-corrected chi connectivity index (χ0v) is 9.51. The first kappa shape index (κ1) is 12.9. The minimum absolute atomic E-state index is 0.000462. The van der Waals surface area contributed by atoms with Crippen LogP contribution in [0.15, 0.2) is 12.1 Å². The molecule has 0 saturated heterocycles. The summed E-state index contributed by atoms with van der Waals surface area (Å²) < 4.78 is 4.93. The third-order valence-electron chi connectivity index (χ3n) is 1.99. The van der Waals surface area contributed by atoms with Crippen molar-refractivity contribution in [2.75, 3.05) is 19.0 Å². The van der Waals surface area contributed by atoms with Gasteiger partial charge in [-0.05, 0) is 13.0 Å². The molecule has 1 aromatic heterocycles. The summed E-state index contributed by atoms with van der Waals surface area (Å²) in [5.74, 6) is 0.414. The number of nitro groups is 1. The van der Waals surface area contributed by atoms with Gasteiger partial charge in [0.1, 0.15) is 11.9 Å². The summed E-state index contributed by atoms with van der Waals surface area (Å²) in [5.41, 5.74) is -0.498. The van der Waals surface area contributed by atoms with Gasteiger partial charge in [0.15, 0.2) is 0 Å². The highest BCUT2D eigenvalue weighted by molar-refractivity contribution is 5.50. The van der Waals surface area contributed by atoms with Gasteiger partial charge < -0.3 is 10.1 Å². The van der Waals surface area contributed by atoms with E-state index in [1.54, 1.807) is 13.2 Å². The van der Waals surface area contributed by atoms with Crippen molar-refractivity contribution in [2.24, 2.45) is 0 Å². The molecule has 7 heteroatoms. The zero-order chi connectivity index (χ0) is 12.8. The van der Waals surface area contributed by atoms with E-state index in [4.69, 9.17) is 10.00 Å². The Kier molecular flexibility index (Phi) is 4.37.